The average molecular weight is 268 g/mol. The molecule has 18 heavy (non-hydrogen) atoms. The normalized spacial score (nSPS) is 25.2. The maximum absolute atomic E-state index is 12.2. The Hall–Kier alpha value is -0.330. The summed E-state index contributed by atoms with van der Waals surface area (Å²) in [5.74, 6) is 0. The van der Waals surface area contributed by atoms with Gasteiger partial charge in [-0.3, -0.25) is 0 Å². The van der Waals surface area contributed by atoms with Gasteiger partial charge in [-0.2, -0.15) is 13.2 Å². The fourth-order valence-electron chi connectivity index (χ4n) is 2.23. The Morgan fingerprint density at radius 3 is 2.50 bits per heavy atom. The molecule has 1 rings (SSSR count). The van der Waals surface area contributed by atoms with Gasteiger partial charge in [-0.15, -0.1) is 0 Å². The van der Waals surface area contributed by atoms with E-state index in [1.54, 1.807) is 0 Å². The molecule has 0 amide bonds. The smallest absolute Gasteiger partial charge is 0.382 e. The zero-order chi connectivity index (χ0) is 13.8. The van der Waals surface area contributed by atoms with E-state index in [0.29, 0.717) is 6.04 Å². The number of likely N-dealkylation sites (tertiary alicyclic amines) is 1. The minimum absolute atomic E-state index is 0.0748. The molecule has 0 saturated carbocycles. The first-order chi connectivity index (χ1) is 8.30. The lowest BCUT2D eigenvalue weighted by Crippen LogP contribution is -2.42. The van der Waals surface area contributed by atoms with Gasteiger partial charge in [-0.05, 0) is 46.2 Å². The minimum Gasteiger partial charge on any atom is -0.382 e. The van der Waals surface area contributed by atoms with Gasteiger partial charge in [0.2, 0.25) is 0 Å². The summed E-state index contributed by atoms with van der Waals surface area (Å²) in [4.78, 5) is 2.34. The number of aliphatic hydroxyl groups excluding tert-OH is 1. The third-order valence-corrected chi connectivity index (χ3v) is 3.47. The number of halogens is 3. The molecule has 1 saturated heterocycles. The Labute approximate surface area is 106 Å². The molecule has 0 radical (unpaired) electrons. The highest BCUT2D eigenvalue weighted by atomic mass is 19.4. The second-order valence-electron chi connectivity index (χ2n) is 5.22. The van der Waals surface area contributed by atoms with E-state index in [1.165, 1.54) is 0 Å². The Morgan fingerprint density at radius 2 is 1.94 bits per heavy atom. The summed E-state index contributed by atoms with van der Waals surface area (Å²) < 4.78 is 36.5. The van der Waals surface area contributed by atoms with Crippen LogP contribution in [0.1, 0.15) is 33.1 Å². The van der Waals surface area contributed by atoms with E-state index in [4.69, 9.17) is 5.11 Å². The molecule has 0 aliphatic carbocycles. The quantitative estimate of drug-likeness (QED) is 0.815. The molecule has 3 nitrogen and oxygen atoms in total. The van der Waals surface area contributed by atoms with Gasteiger partial charge in [0, 0.05) is 18.6 Å². The summed E-state index contributed by atoms with van der Waals surface area (Å²) in [7, 11) is 0. The van der Waals surface area contributed by atoms with Crippen molar-refractivity contribution in [2.45, 2.75) is 57.5 Å². The Bertz CT molecular complexity index is 246. The highest BCUT2D eigenvalue weighted by Gasteiger charge is 2.38. The number of hydrogen-bond acceptors (Lipinski definition) is 3. The van der Waals surface area contributed by atoms with Gasteiger partial charge in [-0.1, -0.05) is 0 Å². The van der Waals surface area contributed by atoms with Crippen LogP contribution in [0, 0.1) is 0 Å². The van der Waals surface area contributed by atoms with E-state index >= 15 is 0 Å². The number of hydrogen-bond donors (Lipinski definition) is 2. The van der Waals surface area contributed by atoms with Crippen molar-refractivity contribution in [2.75, 3.05) is 19.6 Å². The monoisotopic (exact) mass is 268 g/mol. The molecule has 0 bridgehead atoms. The van der Waals surface area contributed by atoms with Gasteiger partial charge in [0.25, 0.3) is 0 Å². The van der Waals surface area contributed by atoms with Crippen LogP contribution >= 0.6 is 0 Å². The number of alkyl halides is 3. The summed E-state index contributed by atoms with van der Waals surface area (Å²) in [6, 6.07) is 0.551. The van der Waals surface area contributed by atoms with Gasteiger partial charge in [-0.25, -0.2) is 0 Å². The fourth-order valence-corrected chi connectivity index (χ4v) is 2.23. The molecule has 2 unspecified atom stereocenters. The van der Waals surface area contributed by atoms with E-state index in [1.807, 2.05) is 0 Å². The van der Waals surface area contributed by atoms with Crippen LogP contribution in [0.2, 0.25) is 0 Å². The molecule has 2 N–H and O–H groups in total. The summed E-state index contributed by atoms with van der Waals surface area (Å²) in [6.45, 7) is 5.74. The van der Waals surface area contributed by atoms with Crippen molar-refractivity contribution in [1.29, 1.82) is 0 Å². The number of rotatable bonds is 4. The average Bonchev–Trinajstić information content (AvgIpc) is 2.49. The van der Waals surface area contributed by atoms with E-state index in [-0.39, 0.29) is 6.04 Å². The third kappa shape index (κ3) is 5.12. The minimum atomic E-state index is -4.53. The number of nitrogens with zero attached hydrogens (tertiary/aromatic N) is 1. The zero-order valence-corrected chi connectivity index (χ0v) is 11.0. The maximum Gasteiger partial charge on any atom is 0.415 e. The van der Waals surface area contributed by atoms with Crippen molar-refractivity contribution < 1.29 is 18.3 Å². The van der Waals surface area contributed by atoms with Crippen LogP contribution in [-0.2, 0) is 0 Å². The predicted octanol–water partition coefficient (Wildman–Crippen LogP) is 1.76. The Balaban J connectivity index is 2.32. The lowest BCUT2D eigenvalue weighted by atomic mass is 10.1. The van der Waals surface area contributed by atoms with Gasteiger partial charge in [0.05, 0.1) is 0 Å². The Kier molecular flexibility index (Phi) is 5.88. The van der Waals surface area contributed by atoms with Crippen LogP contribution in [0.5, 0.6) is 0 Å². The second kappa shape index (κ2) is 6.73. The van der Waals surface area contributed by atoms with Crippen LogP contribution in [0.25, 0.3) is 0 Å². The molecule has 1 heterocycles. The van der Waals surface area contributed by atoms with Crippen LogP contribution < -0.4 is 5.32 Å². The summed E-state index contributed by atoms with van der Waals surface area (Å²) >= 11 is 0. The van der Waals surface area contributed by atoms with Crippen LogP contribution in [0.4, 0.5) is 13.2 Å². The lowest BCUT2D eigenvalue weighted by Gasteiger charge is -2.24. The van der Waals surface area contributed by atoms with Gasteiger partial charge in [0.15, 0.2) is 6.10 Å². The van der Waals surface area contributed by atoms with Gasteiger partial charge < -0.3 is 15.3 Å². The fraction of sp³-hybridized carbons (Fsp3) is 1.00. The first kappa shape index (κ1) is 15.7. The lowest BCUT2D eigenvalue weighted by molar-refractivity contribution is -0.202. The molecule has 0 aromatic rings. The maximum atomic E-state index is 12.2. The molecule has 1 aliphatic rings. The molecule has 6 heteroatoms. The molecule has 1 aliphatic heterocycles. The largest absolute Gasteiger partial charge is 0.415 e. The molecule has 2 atom stereocenters. The van der Waals surface area contributed by atoms with Crippen molar-refractivity contribution in [1.82, 2.24) is 10.2 Å². The standard InChI is InChI=1S/C12H23F3N2O/c1-9(2)17-6-3-4-10(5-7-17)16-8-11(18)12(13,14)15/h9-11,16,18H,3-8H2,1-2H3. The summed E-state index contributed by atoms with van der Waals surface area (Å²) in [6.07, 6.45) is -4.10. The van der Waals surface area contributed by atoms with Crippen LogP contribution in [0.15, 0.2) is 0 Å². The zero-order valence-electron chi connectivity index (χ0n) is 11.0. The number of nitrogens with one attached hydrogen (secondary N) is 1. The van der Waals surface area contributed by atoms with Crippen LogP contribution in [-0.4, -0.2) is 54.0 Å². The molecule has 0 aromatic carbocycles. The van der Waals surface area contributed by atoms with Crippen molar-refractivity contribution in [2.24, 2.45) is 0 Å². The van der Waals surface area contributed by atoms with Crippen molar-refractivity contribution in [3.05, 3.63) is 0 Å². The van der Waals surface area contributed by atoms with E-state index in [0.717, 1.165) is 32.4 Å². The SMILES string of the molecule is CC(C)N1CCCC(NCC(O)C(F)(F)F)CC1. The molecule has 0 aromatic heterocycles. The summed E-state index contributed by atoms with van der Waals surface area (Å²) in [5, 5.41) is 11.8. The highest BCUT2D eigenvalue weighted by Crippen LogP contribution is 2.20. The van der Waals surface area contributed by atoms with E-state index in [2.05, 4.69) is 24.1 Å². The van der Waals surface area contributed by atoms with E-state index in [9.17, 15) is 13.2 Å². The molecular formula is C12H23F3N2O. The second-order valence-corrected chi connectivity index (χ2v) is 5.22. The molecule has 1 fully saturated rings. The van der Waals surface area contributed by atoms with Crippen LogP contribution in [0.3, 0.4) is 0 Å². The van der Waals surface area contributed by atoms with Crippen molar-refractivity contribution >= 4 is 0 Å². The van der Waals surface area contributed by atoms with E-state index < -0.39 is 18.8 Å². The summed E-state index contributed by atoms with van der Waals surface area (Å²) in [5.41, 5.74) is 0. The predicted molar refractivity (Wildman–Crippen MR) is 64.4 cm³/mol. The molecular weight excluding hydrogens is 245 g/mol. The van der Waals surface area contributed by atoms with Crippen molar-refractivity contribution in [3.63, 3.8) is 0 Å². The topological polar surface area (TPSA) is 35.5 Å². The first-order valence-corrected chi connectivity index (χ1v) is 6.53. The number of aliphatic hydroxyl groups is 1. The van der Waals surface area contributed by atoms with Crippen molar-refractivity contribution in [3.8, 4) is 0 Å². The molecule has 0 spiro atoms. The first-order valence-electron chi connectivity index (χ1n) is 6.53. The highest BCUT2D eigenvalue weighted by molar-refractivity contribution is 4.78. The Morgan fingerprint density at radius 1 is 1.28 bits per heavy atom. The molecule has 108 valence electrons. The van der Waals surface area contributed by atoms with Gasteiger partial charge in [0.1, 0.15) is 0 Å². The third-order valence-electron chi connectivity index (χ3n) is 3.47. The van der Waals surface area contributed by atoms with Gasteiger partial charge >= 0.3 is 6.18 Å².